The molecule has 0 aliphatic carbocycles. The largest absolute Gasteiger partial charge is 0.450 e. The SMILES string of the molecule is CCCCOC(=O)NCC(O)[C@@]1(O[SiH](C)C)C[C@H](C(C)(C)C)CN1C(=O)OC(C)(C)C. The van der Waals surface area contributed by atoms with Crippen LogP contribution in [0.15, 0.2) is 0 Å². The Balaban J connectivity index is 3.15. The summed E-state index contributed by atoms with van der Waals surface area (Å²) < 4.78 is 17.2. The van der Waals surface area contributed by atoms with Crippen molar-refractivity contribution >= 4 is 21.2 Å². The average molecular weight is 461 g/mol. The van der Waals surface area contributed by atoms with Gasteiger partial charge in [-0.3, -0.25) is 4.90 Å². The summed E-state index contributed by atoms with van der Waals surface area (Å²) >= 11 is 0. The topological polar surface area (TPSA) is 97.3 Å². The highest BCUT2D eigenvalue weighted by molar-refractivity contribution is 6.48. The summed E-state index contributed by atoms with van der Waals surface area (Å²) in [6.07, 6.45) is -0.0561. The number of nitrogens with one attached hydrogen (secondary N) is 1. The minimum atomic E-state index is -1.69. The molecule has 0 saturated carbocycles. The molecule has 1 aliphatic heterocycles. The van der Waals surface area contributed by atoms with Gasteiger partial charge in [-0.15, -0.1) is 0 Å². The molecule has 0 spiro atoms. The van der Waals surface area contributed by atoms with Gasteiger partial charge in [0, 0.05) is 13.0 Å². The van der Waals surface area contributed by atoms with E-state index in [0.29, 0.717) is 19.6 Å². The molecular weight excluding hydrogens is 416 g/mol. The van der Waals surface area contributed by atoms with Gasteiger partial charge in [0.2, 0.25) is 0 Å². The first-order chi connectivity index (χ1) is 14.1. The average Bonchev–Trinajstić information content (AvgIpc) is 2.98. The summed E-state index contributed by atoms with van der Waals surface area (Å²) in [7, 11) is -1.69. The number of rotatable bonds is 8. The van der Waals surface area contributed by atoms with Gasteiger partial charge < -0.3 is 24.3 Å². The van der Waals surface area contributed by atoms with E-state index in [-0.39, 0.29) is 17.9 Å². The summed E-state index contributed by atoms with van der Waals surface area (Å²) in [5, 5.41) is 13.9. The van der Waals surface area contributed by atoms with E-state index in [1.807, 2.05) is 40.8 Å². The number of alkyl carbamates (subject to hydrolysis) is 1. The molecule has 31 heavy (non-hydrogen) atoms. The molecule has 1 saturated heterocycles. The predicted octanol–water partition coefficient (Wildman–Crippen LogP) is 3.87. The van der Waals surface area contributed by atoms with Crippen LogP contribution >= 0.6 is 0 Å². The Labute approximate surface area is 189 Å². The Hall–Kier alpha value is -1.32. The van der Waals surface area contributed by atoms with Crippen molar-refractivity contribution in [1.29, 1.82) is 0 Å². The summed E-state index contributed by atoms with van der Waals surface area (Å²) in [5.74, 6) is 0.0962. The maximum absolute atomic E-state index is 13.2. The Morgan fingerprint density at radius 2 is 1.84 bits per heavy atom. The lowest BCUT2D eigenvalue weighted by Gasteiger charge is -2.43. The van der Waals surface area contributed by atoms with Crippen LogP contribution in [0.25, 0.3) is 0 Å². The Bertz CT molecular complexity index is 602. The van der Waals surface area contributed by atoms with E-state index in [9.17, 15) is 14.7 Å². The number of unbranched alkanes of at least 4 members (excludes halogenated alkanes) is 1. The molecule has 2 N–H and O–H groups in total. The zero-order chi connectivity index (χ0) is 24.0. The molecule has 8 nitrogen and oxygen atoms in total. The quantitative estimate of drug-likeness (QED) is 0.421. The highest BCUT2D eigenvalue weighted by atomic mass is 28.3. The van der Waals surface area contributed by atoms with Gasteiger partial charge in [-0.2, -0.15) is 0 Å². The Morgan fingerprint density at radius 3 is 2.32 bits per heavy atom. The maximum atomic E-state index is 13.2. The Morgan fingerprint density at radius 1 is 1.23 bits per heavy atom. The summed E-state index contributed by atoms with van der Waals surface area (Å²) in [6.45, 7) is 18.5. The minimum absolute atomic E-state index is 0.0811. The van der Waals surface area contributed by atoms with Crippen molar-refractivity contribution < 1.29 is 28.6 Å². The zero-order valence-electron chi connectivity index (χ0n) is 20.9. The van der Waals surface area contributed by atoms with E-state index in [0.717, 1.165) is 12.8 Å². The van der Waals surface area contributed by atoms with E-state index in [2.05, 4.69) is 26.1 Å². The van der Waals surface area contributed by atoms with Gasteiger partial charge in [-0.05, 0) is 51.6 Å². The molecule has 0 aromatic rings. The summed E-state index contributed by atoms with van der Waals surface area (Å²) in [6, 6.07) is 0. The van der Waals surface area contributed by atoms with E-state index < -0.39 is 38.7 Å². The number of carbonyl (C=O) groups excluding carboxylic acids is 2. The summed E-state index contributed by atoms with van der Waals surface area (Å²) in [5.41, 5.74) is -2.03. The van der Waals surface area contributed by atoms with Crippen LogP contribution < -0.4 is 5.32 Å². The van der Waals surface area contributed by atoms with Crippen LogP contribution in [0, 0.1) is 11.3 Å². The van der Waals surface area contributed by atoms with Gasteiger partial charge in [0.1, 0.15) is 11.7 Å². The molecule has 1 fully saturated rings. The number of aliphatic hydroxyl groups is 1. The van der Waals surface area contributed by atoms with E-state index in [4.69, 9.17) is 13.9 Å². The molecule has 182 valence electrons. The molecule has 9 heteroatoms. The highest BCUT2D eigenvalue weighted by Crippen LogP contribution is 2.45. The van der Waals surface area contributed by atoms with Crippen molar-refractivity contribution in [3.05, 3.63) is 0 Å². The fraction of sp³-hybridized carbons (Fsp3) is 0.909. The smallest absolute Gasteiger partial charge is 0.412 e. The van der Waals surface area contributed by atoms with Crippen LogP contribution in [-0.4, -0.2) is 68.4 Å². The van der Waals surface area contributed by atoms with Crippen LogP contribution in [-0.2, 0) is 13.9 Å². The van der Waals surface area contributed by atoms with Gasteiger partial charge in [-0.25, -0.2) is 9.59 Å². The molecular formula is C22H44N2O6Si. The number of carbonyl (C=O) groups is 2. The van der Waals surface area contributed by atoms with Crippen LogP contribution in [0.2, 0.25) is 13.1 Å². The van der Waals surface area contributed by atoms with Crippen LogP contribution in [0.3, 0.4) is 0 Å². The fourth-order valence-electron chi connectivity index (χ4n) is 3.64. The third-order valence-electron chi connectivity index (χ3n) is 5.37. The fourth-order valence-corrected chi connectivity index (χ4v) is 4.84. The molecule has 3 atom stereocenters. The van der Waals surface area contributed by atoms with Crippen molar-refractivity contribution in [2.75, 3.05) is 19.7 Å². The number of likely N-dealkylation sites (tertiary alicyclic amines) is 1. The Kier molecular flexibility index (Phi) is 9.84. The molecule has 0 radical (unpaired) electrons. The van der Waals surface area contributed by atoms with Crippen molar-refractivity contribution in [3.63, 3.8) is 0 Å². The molecule has 2 amide bonds. The van der Waals surface area contributed by atoms with Crippen LogP contribution in [0.4, 0.5) is 9.59 Å². The molecule has 1 rings (SSSR count). The lowest BCUT2D eigenvalue weighted by molar-refractivity contribution is -0.136. The van der Waals surface area contributed by atoms with Gasteiger partial charge >= 0.3 is 12.2 Å². The number of aliphatic hydroxyl groups excluding tert-OH is 1. The minimum Gasteiger partial charge on any atom is -0.450 e. The van der Waals surface area contributed by atoms with Gasteiger partial charge in [-0.1, -0.05) is 34.1 Å². The van der Waals surface area contributed by atoms with E-state index >= 15 is 0 Å². The zero-order valence-corrected chi connectivity index (χ0v) is 22.1. The van der Waals surface area contributed by atoms with E-state index in [1.165, 1.54) is 4.90 Å². The molecule has 1 aliphatic rings. The molecule has 0 aromatic heterocycles. The first-order valence-electron chi connectivity index (χ1n) is 11.4. The third-order valence-corrected chi connectivity index (χ3v) is 6.25. The number of amides is 2. The number of nitrogens with zero attached hydrogens (tertiary/aromatic N) is 1. The van der Waals surface area contributed by atoms with Crippen LogP contribution in [0.1, 0.15) is 67.7 Å². The lowest BCUT2D eigenvalue weighted by atomic mass is 9.78. The summed E-state index contributed by atoms with van der Waals surface area (Å²) in [4.78, 5) is 26.7. The first kappa shape index (κ1) is 27.7. The third kappa shape index (κ3) is 8.27. The number of hydrogen-bond acceptors (Lipinski definition) is 6. The number of hydrogen-bond donors (Lipinski definition) is 2. The number of ether oxygens (including phenoxy) is 2. The highest BCUT2D eigenvalue weighted by Gasteiger charge is 2.57. The van der Waals surface area contributed by atoms with E-state index in [1.54, 1.807) is 0 Å². The van der Waals surface area contributed by atoms with Crippen molar-refractivity contribution in [3.8, 4) is 0 Å². The first-order valence-corrected chi connectivity index (χ1v) is 14.2. The molecule has 0 aromatic carbocycles. The van der Waals surface area contributed by atoms with Gasteiger partial charge in [0.25, 0.3) is 0 Å². The van der Waals surface area contributed by atoms with Gasteiger partial charge in [0.15, 0.2) is 14.8 Å². The molecule has 1 heterocycles. The second-order valence-corrected chi connectivity index (χ2v) is 13.1. The molecule has 1 unspecified atom stereocenters. The van der Waals surface area contributed by atoms with Crippen molar-refractivity contribution in [2.24, 2.45) is 11.3 Å². The second kappa shape index (κ2) is 11.0. The predicted molar refractivity (Wildman–Crippen MR) is 123 cm³/mol. The van der Waals surface area contributed by atoms with Crippen molar-refractivity contribution in [1.82, 2.24) is 10.2 Å². The standard InChI is InChI=1S/C22H44N2O6Si/c1-10-11-12-28-18(26)23-14-17(25)22(30-31(8)9)13-16(20(2,3)4)15-24(22)19(27)29-21(5,6)7/h16-17,25,31H,10-15H2,1-9H3,(H,23,26)/t16-,17?,22-/m0/s1. The van der Waals surface area contributed by atoms with Crippen molar-refractivity contribution in [2.45, 2.75) is 98.3 Å². The lowest BCUT2D eigenvalue weighted by Crippen LogP contribution is -2.61. The monoisotopic (exact) mass is 460 g/mol. The molecule has 0 bridgehead atoms. The van der Waals surface area contributed by atoms with Crippen LogP contribution in [0.5, 0.6) is 0 Å². The normalized spacial score (nSPS) is 23.1. The second-order valence-electron chi connectivity index (χ2n) is 10.8. The van der Waals surface area contributed by atoms with Gasteiger partial charge in [0.05, 0.1) is 13.2 Å². The maximum Gasteiger partial charge on any atom is 0.412 e.